The van der Waals surface area contributed by atoms with E-state index in [1.54, 1.807) is 4.90 Å². The van der Waals surface area contributed by atoms with E-state index >= 15 is 0 Å². The molecule has 1 aromatic rings. The number of halogens is 4. The summed E-state index contributed by atoms with van der Waals surface area (Å²) >= 11 is 0. The third kappa shape index (κ3) is 3.72. The van der Waals surface area contributed by atoms with Gasteiger partial charge in [0.15, 0.2) is 0 Å². The molecule has 1 aliphatic rings. The van der Waals surface area contributed by atoms with Crippen LogP contribution < -0.4 is 5.32 Å². The third-order valence-corrected chi connectivity index (χ3v) is 3.69. The van der Waals surface area contributed by atoms with E-state index in [1.165, 1.54) is 0 Å². The Morgan fingerprint density at radius 1 is 1.24 bits per heavy atom. The first-order valence-electron chi connectivity index (χ1n) is 6.86. The van der Waals surface area contributed by atoms with E-state index in [4.69, 9.17) is 5.11 Å². The Morgan fingerprint density at radius 2 is 1.90 bits per heavy atom. The molecule has 1 aromatic carbocycles. The van der Waals surface area contributed by atoms with Gasteiger partial charge in [0, 0.05) is 44.4 Å². The summed E-state index contributed by atoms with van der Waals surface area (Å²) < 4.78 is 53.5. The first-order chi connectivity index (χ1) is 9.95. The molecule has 2 N–H and O–H groups in total. The van der Waals surface area contributed by atoms with Crippen molar-refractivity contribution >= 4 is 0 Å². The molecule has 0 radical (unpaired) electrons. The van der Waals surface area contributed by atoms with Crippen LogP contribution in [0.2, 0.25) is 0 Å². The lowest BCUT2D eigenvalue weighted by molar-refractivity contribution is -0.139. The summed E-state index contributed by atoms with van der Waals surface area (Å²) in [5, 5.41) is 12.3. The summed E-state index contributed by atoms with van der Waals surface area (Å²) in [5.74, 6) is -0.873. The number of nitrogens with one attached hydrogen (secondary N) is 1. The van der Waals surface area contributed by atoms with Gasteiger partial charge in [-0.3, -0.25) is 4.90 Å². The fraction of sp³-hybridized carbons (Fsp3) is 0.571. The van der Waals surface area contributed by atoms with Crippen LogP contribution in [0.4, 0.5) is 17.6 Å². The number of aliphatic hydroxyl groups is 1. The lowest BCUT2D eigenvalue weighted by Gasteiger charge is -2.36. The molecule has 0 aromatic heterocycles. The Bertz CT molecular complexity index is 473. The second-order valence-electron chi connectivity index (χ2n) is 5.01. The van der Waals surface area contributed by atoms with Gasteiger partial charge in [0.25, 0.3) is 0 Å². The van der Waals surface area contributed by atoms with E-state index in [1.807, 2.05) is 0 Å². The summed E-state index contributed by atoms with van der Waals surface area (Å²) in [7, 11) is 0. The van der Waals surface area contributed by atoms with Crippen LogP contribution in [0.3, 0.4) is 0 Å². The second kappa shape index (κ2) is 6.72. The topological polar surface area (TPSA) is 35.5 Å². The van der Waals surface area contributed by atoms with Gasteiger partial charge < -0.3 is 10.4 Å². The van der Waals surface area contributed by atoms with Crippen LogP contribution in [0.25, 0.3) is 0 Å². The predicted molar refractivity (Wildman–Crippen MR) is 70.3 cm³/mol. The zero-order valence-corrected chi connectivity index (χ0v) is 11.5. The maximum Gasteiger partial charge on any atom is 0.416 e. The van der Waals surface area contributed by atoms with Gasteiger partial charge in [-0.1, -0.05) is 6.07 Å². The van der Waals surface area contributed by atoms with Gasteiger partial charge in [0.2, 0.25) is 0 Å². The minimum atomic E-state index is -4.61. The van der Waals surface area contributed by atoms with Crippen LogP contribution in [0.5, 0.6) is 0 Å². The van der Waals surface area contributed by atoms with E-state index in [0.29, 0.717) is 26.2 Å². The highest BCUT2D eigenvalue weighted by atomic mass is 19.4. The summed E-state index contributed by atoms with van der Waals surface area (Å²) in [4.78, 5) is 1.79. The molecule has 1 fully saturated rings. The summed E-state index contributed by atoms with van der Waals surface area (Å²) in [5.41, 5.74) is -1.32. The molecule has 1 saturated heterocycles. The molecular formula is C14H18F4N2O. The molecule has 1 atom stereocenters. The molecule has 0 aliphatic carbocycles. The van der Waals surface area contributed by atoms with Gasteiger partial charge in [-0.25, -0.2) is 4.39 Å². The van der Waals surface area contributed by atoms with Crippen LogP contribution in [0.1, 0.15) is 23.6 Å². The minimum Gasteiger partial charge on any atom is -0.396 e. The zero-order valence-electron chi connectivity index (χ0n) is 11.5. The van der Waals surface area contributed by atoms with Crippen LogP contribution in [-0.2, 0) is 6.18 Å². The monoisotopic (exact) mass is 306 g/mol. The molecular weight excluding hydrogens is 288 g/mol. The van der Waals surface area contributed by atoms with Crippen LogP contribution in [-0.4, -0.2) is 42.8 Å². The lowest BCUT2D eigenvalue weighted by atomic mass is 9.95. The van der Waals surface area contributed by atoms with E-state index < -0.39 is 23.6 Å². The maximum absolute atomic E-state index is 14.1. The van der Waals surface area contributed by atoms with Crippen LogP contribution >= 0.6 is 0 Å². The highest BCUT2D eigenvalue weighted by Gasteiger charge is 2.38. The van der Waals surface area contributed by atoms with Gasteiger partial charge in [0.05, 0.1) is 5.56 Å². The maximum atomic E-state index is 14.1. The van der Waals surface area contributed by atoms with Crippen molar-refractivity contribution in [3.05, 3.63) is 35.1 Å². The molecule has 3 nitrogen and oxygen atoms in total. The van der Waals surface area contributed by atoms with Crippen molar-refractivity contribution in [3.8, 4) is 0 Å². The predicted octanol–water partition coefficient (Wildman–Crippen LogP) is 2.17. The van der Waals surface area contributed by atoms with Gasteiger partial charge >= 0.3 is 6.18 Å². The minimum absolute atomic E-state index is 0.0734. The Kier molecular flexibility index (Phi) is 5.18. The van der Waals surface area contributed by atoms with Crippen LogP contribution in [0, 0.1) is 5.82 Å². The number of aliphatic hydroxyl groups excluding tert-OH is 1. The Hall–Kier alpha value is -1.18. The summed E-state index contributed by atoms with van der Waals surface area (Å²) in [6, 6.07) is 2.23. The van der Waals surface area contributed by atoms with Gasteiger partial charge in [-0.2, -0.15) is 13.2 Å². The summed E-state index contributed by atoms with van der Waals surface area (Å²) in [6.07, 6.45) is -4.54. The molecule has 2 rings (SSSR count). The van der Waals surface area contributed by atoms with Gasteiger partial charge in [-0.05, 0) is 18.6 Å². The molecule has 0 unspecified atom stereocenters. The largest absolute Gasteiger partial charge is 0.416 e. The first-order valence-corrected chi connectivity index (χ1v) is 6.86. The highest BCUT2D eigenvalue weighted by molar-refractivity contribution is 5.34. The number of benzene rings is 1. The van der Waals surface area contributed by atoms with Crippen LogP contribution in [0.15, 0.2) is 18.2 Å². The number of hydrogen-bond acceptors (Lipinski definition) is 3. The van der Waals surface area contributed by atoms with Gasteiger partial charge in [0.1, 0.15) is 5.82 Å². The number of rotatable bonds is 4. The Morgan fingerprint density at radius 3 is 2.48 bits per heavy atom. The standard InChI is InChI=1S/C14H18F4N2O/c15-11-3-1-2-10(14(16,17)18)13(11)12(4-9-21)20-7-5-19-6-8-20/h1-3,12,19,21H,4-9H2/t12-/m1/s1. The van der Waals surface area contributed by atoms with Crippen molar-refractivity contribution in [3.63, 3.8) is 0 Å². The summed E-state index contributed by atoms with van der Waals surface area (Å²) in [6.45, 7) is 2.03. The van der Waals surface area contributed by atoms with Crippen molar-refractivity contribution in [2.45, 2.75) is 18.6 Å². The number of nitrogens with zero attached hydrogens (tertiary/aromatic N) is 1. The highest BCUT2D eigenvalue weighted by Crippen LogP contribution is 2.38. The third-order valence-electron chi connectivity index (χ3n) is 3.69. The average molecular weight is 306 g/mol. The average Bonchev–Trinajstić information content (AvgIpc) is 2.45. The van der Waals surface area contributed by atoms with Crippen molar-refractivity contribution in [2.24, 2.45) is 0 Å². The smallest absolute Gasteiger partial charge is 0.396 e. The number of hydrogen-bond donors (Lipinski definition) is 2. The quantitative estimate of drug-likeness (QED) is 0.837. The molecule has 118 valence electrons. The fourth-order valence-corrected chi connectivity index (χ4v) is 2.75. The molecule has 1 heterocycles. The van der Waals surface area contributed by atoms with Crippen molar-refractivity contribution in [1.29, 1.82) is 0 Å². The first kappa shape index (κ1) is 16.2. The molecule has 0 saturated carbocycles. The van der Waals surface area contributed by atoms with E-state index in [9.17, 15) is 17.6 Å². The molecule has 0 amide bonds. The molecule has 7 heteroatoms. The SMILES string of the molecule is OCC[C@H](c1c(F)cccc1C(F)(F)F)N1CCNCC1. The molecule has 21 heavy (non-hydrogen) atoms. The second-order valence-corrected chi connectivity index (χ2v) is 5.01. The number of piperazine rings is 1. The molecule has 0 spiro atoms. The number of alkyl halides is 3. The molecule has 0 bridgehead atoms. The lowest BCUT2D eigenvalue weighted by Crippen LogP contribution is -2.46. The van der Waals surface area contributed by atoms with E-state index in [-0.39, 0.29) is 18.6 Å². The normalized spacial score (nSPS) is 18.7. The van der Waals surface area contributed by atoms with Crippen molar-refractivity contribution in [1.82, 2.24) is 10.2 Å². The van der Waals surface area contributed by atoms with Gasteiger partial charge in [-0.15, -0.1) is 0 Å². The van der Waals surface area contributed by atoms with E-state index in [2.05, 4.69) is 5.32 Å². The van der Waals surface area contributed by atoms with E-state index in [0.717, 1.165) is 18.2 Å². The molecule has 1 aliphatic heterocycles. The fourth-order valence-electron chi connectivity index (χ4n) is 2.75. The van der Waals surface area contributed by atoms with Crippen molar-refractivity contribution < 1.29 is 22.7 Å². The zero-order chi connectivity index (χ0) is 15.5. The van der Waals surface area contributed by atoms with Crippen molar-refractivity contribution in [2.75, 3.05) is 32.8 Å². The Balaban J connectivity index is 2.43. The Labute approximate surface area is 120 Å².